The van der Waals surface area contributed by atoms with Crippen molar-refractivity contribution in [2.75, 3.05) is 23.3 Å². The van der Waals surface area contributed by atoms with Crippen LogP contribution in [0, 0.1) is 5.82 Å². The maximum absolute atomic E-state index is 13.9. The number of nitrogens with one attached hydrogen (secondary N) is 1. The molecule has 4 rings (SSSR count). The molecule has 0 spiro atoms. The number of hydrogen-bond acceptors (Lipinski definition) is 6. The van der Waals surface area contributed by atoms with Crippen molar-refractivity contribution in [1.82, 2.24) is 0 Å². The highest BCUT2D eigenvalue weighted by Crippen LogP contribution is 2.46. The molecule has 1 aliphatic heterocycles. The number of carbonyl (C=O) groups excluding carboxylic acids is 2. The van der Waals surface area contributed by atoms with Gasteiger partial charge in [0.1, 0.15) is 5.82 Å². The number of hydrogen-bond donors (Lipinski definition) is 1. The summed E-state index contributed by atoms with van der Waals surface area (Å²) in [5.74, 6) is -1.99. The van der Waals surface area contributed by atoms with Crippen LogP contribution >= 0.6 is 0 Å². The monoisotopic (exact) mass is 508 g/mol. The molecular weight excluding hydrogens is 483 g/mol. The van der Waals surface area contributed by atoms with Gasteiger partial charge in [-0.3, -0.25) is 9.52 Å². The number of esters is 1. The predicted octanol–water partition coefficient (Wildman–Crippen LogP) is 4.66. The Kier molecular flexibility index (Phi) is 6.69. The number of likely N-dealkylation sites (N-methyl/N-ethyl adjacent to an activating group) is 1. The van der Waals surface area contributed by atoms with Crippen LogP contribution in [0.1, 0.15) is 29.8 Å². The number of carbonyl (C=O) groups is 2. The molecule has 186 valence electrons. The second kappa shape index (κ2) is 9.58. The van der Waals surface area contributed by atoms with Gasteiger partial charge >= 0.3 is 5.97 Å². The lowest BCUT2D eigenvalue weighted by Gasteiger charge is -2.23. The number of halogens is 1. The molecule has 0 fully saturated rings. The molecule has 36 heavy (non-hydrogen) atoms. The van der Waals surface area contributed by atoms with Gasteiger partial charge < -0.3 is 9.64 Å². The second-order valence-electron chi connectivity index (χ2n) is 8.89. The standard InChI is InChI=1S/C27H25FN2O5S/c1-27(2)21-11-4-7-14-24(21)30(3)25(27)16-19(31)17-35-26(32)18-9-8-10-20(15-18)36(33,34)29-23-13-6-5-12-22(23)28/h4-16,29H,17H2,1-3H3. The molecule has 0 saturated heterocycles. The largest absolute Gasteiger partial charge is 0.454 e. The predicted molar refractivity (Wildman–Crippen MR) is 135 cm³/mol. The molecule has 0 amide bonds. The van der Waals surface area contributed by atoms with Crippen molar-refractivity contribution in [2.24, 2.45) is 0 Å². The zero-order valence-corrected chi connectivity index (χ0v) is 20.8. The number of ketones is 1. The topological polar surface area (TPSA) is 92.8 Å². The number of benzene rings is 3. The van der Waals surface area contributed by atoms with Gasteiger partial charge in [-0.05, 0) is 42.0 Å². The minimum Gasteiger partial charge on any atom is -0.454 e. The van der Waals surface area contributed by atoms with Crippen LogP contribution in [0.15, 0.2) is 89.5 Å². The van der Waals surface area contributed by atoms with Gasteiger partial charge in [-0.25, -0.2) is 17.6 Å². The summed E-state index contributed by atoms with van der Waals surface area (Å²) in [4.78, 5) is 26.9. The van der Waals surface area contributed by atoms with E-state index in [0.717, 1.165) is 29.1 Å². The van der Waals surface area contributed by atoms with Crippen molar-refractivity contribution in [1.29, 1.82) is 0 Å². The molecule has 0 unspecified atom stereocenters. The Labute approximate surface area is 209 Å². The van der Waals surface area contributed by atoms with E-state index >= 15 is 0 Å². The molecule has 0 aromatic heterocycles. The van der Waals surface area contributed by atoms with E-state index < -0.39 is 39.6 Å². The summed E-state index contributed by atoms with van der Waals surface area (Å²) in [6.07, 6.45) is 1.46. The number of rotatable bonds is 7. The molecular formula is C27H25FN2O5S. The Morgan fingerprint density at radius 3 is 2.44 bits per heavy atom. The van der Waals surface area contributed by atoms with Crippen LogP contribution in [0.2, 0.25) is 0 Å². The van der Waals surface area contributed by atoms with E-state index in [0.29, 0.717) is 0 Å². The highest BCUT2D eigenvalue weighted by atomic mass is 32.2. The third-order valence-corrected chi connectivity index (χ3v) is 7.45. The van der Waals surface area contributed by atoms with E-state index in [1.165, 1.54) is 42.5 Å². The minimum absolute atomic E-state index is 0.0578. The lowest BCUT2D eigenvalue weighted by molar-refractivity contribution is -0.117. The van der Waals surface area contributed by atoms with Crippen LogP contribution in [0.25, 0.3) is 0 Å². The molecule has 1 aliphatic rings. The van der Waals surface area contributed by atoms with Crippen molar-refractivity contribution >= 4 is 33.2 Å². The fraction of sp³-hybridized carbons (Fsp3) is 0.185. The van der Waals surface area contributed by atoms with E-state index in [9.17, 15) is 22.4 Å². The number of fused-ring (bicyclic) bond motifs is 1. The Morgan fingerprint density at radius 1 is 1.03 bits per heavy atom. The lowest BCUT2D eigenvalue weighted by atomic mass is 9.83. The first-order valence-electron chi connectivity index (χ1n) is 11.1. The molecule has 0 aliphatic carbocycles. The van der Waals surface area contributed by atoms with Gasteiger partial charge in [-0.1, -0.05) is 50.2 Å². The van der Waals surface area contributed by atoms with Gasteiger partial charge in [0.25, 0.3) is 10.0 Å². The average molecular weight is 509 g/mol. The second-order valence-corrected chi connectivity index (χ2v) is 10.6. The molecule has 0 radical (unpaired) electrons. The van der Waals surface area contributed by atoms with Crippen molar-refractivity contribution < 1.29 is 27.1 Å². The smallest absolute Gasteiger partial charge is 0.338 e. The first-order chi connectivity index (χ1) is 17.0. The van der Waals surface area contributed by atoms with Crippen molar-refractivity contribution in [3.8, 4) is 0 Å². The maximum atomic E-state index is 13.9. The normalized spacial score (nSPS) is 15.4. The summed E-state index contributed by atoms with van der Waals surface area (Å²) >= 11 is 0. The molecule has 0 atom stereocenters. The molecule has 3 aromatic carbocycles. The fourth-order valence-corrected chi connectivity index (χ4v) is 5.32. The van der Waals surface area contributed by atoms with E-state index in [1.807, 2.05) is 50.1 Å². The number of allylic oxidation sites excluding steroid dienone is 1. The average Bonchev–Trinajstić information content (AvgIpc) is 3.04. The number of para-hydroxylation sites is 2. The first-order valence-corrected chi connectivity index (χ1v) is 12.6. The Bertz CT molecular complexity index is 1480. The molecule has 0 saturated carbocycles. The molecule has 0 bridgehead atoms. The van der Waals surface area contributed by atoms with Crippen LogP contribution in [-0.2, 0) is 25.0 Å². The van der Waals surface area contributed by atoms with Crippen LogP contribution in [0.5, 0.6) is 0 Å². The molecule has 9 heteroatoms. The molecule has 1 N–H and O–H groups in total. The summed E-state index contributed by atoms with van der Waals surface area (Å²) in [7, 11) is -2.29. The minimum atomic E-state index is -4.16. The number of sulfonamides is 1. The summed E-state index contributed by atoms with van der Waals surface area (Å²) in [5.41, 5.74) is 2.19. The van der Waals surface area contributed by atoms with Crippen molar-refractivity contribution in [3.63, 3.8) is 0 Å². The van der Waals surface area contributed by atoms with E-state index in [-0.39, 0.29) is 16.1 Å². The third kappa shape index (κ3) is 4.87. The summed E-state index contributed by atoms with van der Waals surface area (Å²) in [5, 5.41) is 0. The highest BCUT2D eigenvalue weighted by molar-refractivity contribution is 7.92. The SMILES string of the molecule is CN1C(=CC(=O)COC(=O)c2cccc(S(=O)(=O)Nc3ccccc3F)c2)C(C)(C)c2ccccc21. The fourth-order valence-electron chi connectivity index (χ4n) is 4.21. The van der Waals surface area contributed by atoms with Crippen LogP contribution in [0.3, 0.4) is 0 Å². The first kappa shape index (κ1) is 25.1. The highest BCUT2D eigenvalue weighted by Gasteiger charge is 2.38. The summed E-state index contributed by atoms with van der Waals surface area (Å²) in [6.45, 7) is 3.52. The van der Waals surface area contributed by atoms with E-state index in [4.69, 9.17) is 4.74 Å². The van der Waals surface area contributed by atoms with Gasteiger partial charge in [0, 0.05) is 29.9 Å². The van der Waals surface area contributed by atoms with E-state index in [1.54, 1.807) is 0 Å². The van der Waals surface area contributed by atoms with Gasteiger partial charge in [-0.15, -0.1) is 0 Å². The number of ether oxygens (including phenoxy) is 1. The molecule has 3 aromatic rings. The molecule has 7 nitrogen and oxygen atoms in total. The van der Waals surface area contributed by atoms with Gasteiger partial charge in [0.2, 0.25) is 0 Å². The lowest BCUT2D eigenvalue weighted by Crippen LogP contribution is -2.25. The van der Waals surface area contributed by atoms with Crippen LogP contribution in [0.4, 0.5) is 15.8 Å². The number of anilines is 2. The Hall–Kier alpha value is -3.98. The van der Waals surface area contributed by atoms with Gasteiger partial charge in [0.15, 0.2) is 12.4 Å². The quantitative estimate of drug-likeness (QED) is 0.369. The van der Waals surface area contributed by atoms with Gasteiger partial charge in [-0.2, -0.15) is 0 Å². The number of nitrogens with zero attached hydrogens (tertiary/aromatic N) is 1. The van der Waals surface area contributed by atoms with Crippen molar-refractivity contribution in [2.45, 2.75) is 24.2 Å². The van der Waals surface area contributed by atoms with Crippen LogP contribution in [-0.4, -0.2) is 33.8 Å². The van der Waals surface area contributed by atoms with Crippen molar-refractivity contribution in [3.05, 3.63) is 102 Å². The van der Waals surface area contributed by atoms with Gasteiger partial charge in [0.05, 0.1) is 16.1 Å². The zero-order valence-electron chi connectivity index (χ0n) is 20.0. The summed E-state index contributed by atoms with van der Waals surface area (Å²) < 4.78 is 46.5. The molecule has 1 heterocycles. The third-order valence-electron chi connectivity index (χ3n) is 6.08. The maximum Gasteiger partial charge on any atom is 0.338 e. The zero-order chi connectivity index (χ0) is 26.1. The Morgan fingerprint density at radius 2 is 1.72 bits per heavy atom. The van der Waals surface area contributed by atoms with E-state index in [2.05, 4.69) is 4.72 Å². The van der Waals surface area contributed by atoms with Crippen LogP contribution < -0.4 is 9.62 Å². The summed E-state index contributed by atoms with van der Waals surface area (Å²) in [6, 6.07) is 18.3. The Balaban J connectivity index is 1.45.